The van der Waals surface area contributed by atoms with Crippen molar-refractivity contribution in [3.05, 3.63) is 71.8 Å². The van der Waals surface area contributed by atoms with E-state index in [0.29, 0.717) is 0 Å². The van der Waals surface area contributed by atoms with Crippen molar-refractivity contribution in [2.75, 3.05) is 0 Å². The van der Waals surface area contributed by atoms with E-state index in [9.17, 15) is 4.79 Å². The maximum atomic E-state index is 11.0. The molecule has 2 N–H and O–H groups in total. The number of hydrogen-bond acceptors (Lipinski definition) is 1. The molecule has 0 saturated carbocycles. The quantitative estimate of drug-likeness (QED) is 0.857. The van der Waals surface area contributed by atoms with Gasteiger partial charge in [0, 0.05) is 0 Å². The molecule has 17 heavy (non-hydrogen) atoms. The standard InChI is InChI=1S/C14H13N2O/c15-14(17)16-13(11-7-3-1-4-8-11)12-9-5-2-6-10-12/h1-10,13,15H,(H,16,17). The average molecular weight is 225 g/mol. The van der Waals surface area contributed by atoms with Gasteiger partial charge in [-0.1, -0.05) is 60.7 Å². The molecule has 0 unspecified atom stereocenters. The van der Waals surface area contributed by atoms with Gasteiger partial charge in [0.1, 0.15) is 0 Å². The predicted molar refractivity (Wildman–Crippen MR) is 66.4 cm³/mol. The molecule has 3 nitrogen and oxygen atoms in total. The van der Waals surface area contributed by atoms with Gasteiger partial charge in [-0.2, -0.15) is 0 Å². The monoisotopic (exact) mass is 225 g/mol. The van der Waals surface area contributed by atoms with Gasteiger partial charge in [0.2, 0.25) is 0 Å². The molecular weight excluding hydrogens is 212 g/mol. The molecule has 0 heterocycles. The highest BCUT2D eigenvalue weighted by Crippen LogP contribution is 2.21. The SMILES string of the molecule is [NH]C(=O)NC(c1ccccc1)c1ccccc1. The lowest BCUT2D eigenvalue weighted by Gasteiger charge is -2.18. The summed E-state index contributed by atoms with van der Waals surface area (Å²) >= 11 is 0. The third-order valence-corrected chi connectivity index (χ3v) is 2.54. The molecule has 0 atom stereocenters. The van der Waals surface area contributed by atoms with E-state index < -0.39 is 6.03 Å². The first-order valence-electron chi connectivity index (χ1n) is 5.39. The summed E-state index contributed by atoms with van der Waals surface area (Å²) in [6.45, 7) is 0. The third-order valence-electron chi connectivity index (χ3n) is 2.54. The molecular formula is C14H13N2O. The first-order chi connectivity index (χ1) is 8.27. The van der Waals surface area contributed by atoms with Crippen molar-refractivity contribution in [2.45, 2.75) is 6.04 Å². The Morgan fingerprint density at radius 1 is 0.882 bits per heavy atom. The van der Waals surface area contributed by atoms with Crippen LogP contribution in [0.1, 0.15) is 17.2 Å². The van der Waals surface area contributed by atoms with Crippen molar-refractivity contribution >= 4 is 6.03 Å². The van der Waals surface area contributed by atoms with Crippen LogP contribution in [0.4, 0.5) is 4.79 Å². The maximum absolute atomic E-state index is 11.0. The van der Waals surface area contributed by atoms with E-state index in [4.69, 9.17) is 5.73 Å². The van der Waals surface area contributed by atoms with E-state index in [1.165, 1.54) is 0 Å². The van der Waals surface area contributed by atoms with Crippen LogP contribution < -0.4 is 11.1 Å². The highest BCUT2D eigenvalue weighted by Gasteiger charge is 2.14. The van der Waals surface area contributed by atoms with Crippen LogP contribution in [0.5, 0.6) is 0 Å². The highest BCUT2D eigenvalue weighted by molar-refractivity contribution is 5.72. The fraction of sp³-hybridized carbons (Fsp3) is 0.0714. The molecule has 2 aromatic carbocycles. The summed E-state index contributed by atoms with van der Waals surface area (Å²) in [6, 6.07) is 18.2. The third kappa shape index (κ3) is 2.84. The summed E-state index contributed by atoms with van der Waals surface area (Å²) in [5, 5.41) is 2.64. The van der Waals surface area contributed by atoms with E-state index in [1.54, 1.807) is 0 Å². The molecule has 2 aromatic rings. The Hall–Kier alpha value is -2.29. The van der Waals surface area contributed by atoms with Crippen LogP contribution in [0.15, 0.2) is 60.7 Å². The fourth-order valence-electron chi connectivity index (χ4n) is 1.78. The van der Waals surface area contributed by atoms with Crippen molar-refractivity contribution in [3.8, 4) is 0 Å². The lowest BCUT2D eigenvalue weighted by molar-refractivity contribution is 0.245. The summed E-state index contributed by atoms with van der Waals surface area (Å²) in [5.74, 6) is 0. The van der Waals surface area contributed by atoms with Gasteiger partial charge in [0.15, 0.2) is 0 Å². The molecule has 1 radical (unpaired) electrons. The summed E-state index contributed by atoms with van der Waals surface area (Å²) in [7, 11) is 0. The number of amides is 2. The summed E-state index contributed by atoms with van der Waals surface area (Å²) in [4.78, 5) is 11.0. The zero-order valence-corrected chi connectivity index (χ0v) is 9.26. The van der Waals surface area contributed by atoms with Gasteiger partial charge in [-0.05, 0) is 11.1 Å². The normalized spacial score (nSPS) is 10.2. The number of hydrogen-bond donors (Lipinski definition) is 1. The van der Waals surface area contributed by atoms with Crippen LogP contribution in [0, 0.1) is 0 Å². The van der Waals surface area contributed by atoms with Gasteiger partial charge in [-0.25, -0.2) is 10.5 Å². The minimum atomic E-state index is -0.775. The number of carbonyl (C=O) groups is 1. The second kappa shape index (κ2) is 5.16. The van der Waals surface area contributed by atoms with E-state index in [2.05, 4.69) is 5.32 Å². The van der Waals surface area contributed by atoms with Gasteiger partial charge in [0.25, 0.3) is 0 Å². The molecule has 0 aliphatic carbocycles. The Morgan fingerprint density at radius 3 is 1.65 bits per heavy atom. The lowest BCUT2D eigenvalue weighted by Crippen LogP contribution is -2.28. The van der Waals surface area contributed by atoms with E-state index in [-0.39, 0.29) is 6.04 Å². The van der Waals surface area contributed by atoms with Crippen molar-refractivity contribution < 1.29 is 4.79 Å². The number of urea groups is 1. The van der Waals surface area contributed by atoms with Gasteiger partial charge in [-0.3, -0.25) is 0 Å². The molecule has 85 valence electrons. The van der Waals surface area contributed by atoms with Crippen LogP contribution in [-0.2, 0) is 0 Å². The van der Waals surface area contributed by atoms with Gasteiger partial charge in [0.05, 0.1) is 6.04 Å². The maximum Gasteiger partial charge on any atom is 0.334 e. The van der Waals surface area contributed by atoms with Crippen molar-refractivity contribution in [1.82, 2.24) is 11.1 Å². The molecule has 0 aromatic heterocycles. The number of carbonyl (C=O) groups excluding carboxylic acids is 1. The largest absolute Gasteiger partial charge is 0.334 e. The van der Waals surface area contributed by atoms with Gasteiger partial charge < -0.3 is 5.32 Å². The van der Waals surface area contributed by atoms with E-state index >= 15 is 0 Å². The van der Waals surface area contributed by atoms with Crippen LogP contribution in [-0.4, -0.2) is 6.03 Å². The molecule has 0 fully saturated rings. The van der Waals surface area contributed by atoms with Crippen molar-refractivity contribution in [3.63, 3.8) is 0 Å². The molecule has 0 aliphatic heterocycles. The Kier molecular flexibility index (Phi) is 3.40. The molecule has 0 spiro atoms. The summed E-state index contributed by atoms with van der Waals surface area (Å²) in [6.07, 6.45) is 0. The van der Waals surface area contributed by atoms with E-state index in [0.717, 1.165) is 11.1 Å². The molecule has 0 bridgehead atoms. The Morgan fingerprint density at radius 2 is 1.29 bits per heavy atom. The topological polar surface area (TPSA) is 52.9 Å². The lowest BCUT2D eigenvalue weighted by atomic mass is 9.99. The second-order valence-corrected chi connectivity index (χ2v) is 3.73. The number of nitrogens with one attached hydrogen (secondary N) is 2. The molecule has 0 saturated heterocycles. The average Bonchev–Trinajstić information content (AvgIpc) is 2.38. The van der Waals surface area contributed by atoms with E-state index in [1.807, 2.05) is 60.7 Å². The molecule has 0 aliphatic rings. The number of rotatable bonds is 3. The van der Waals surface area contributed by atoms with Crippen molar-refractivity contribution in [1.29, 1.82) is 0 Å². The Bertz CT molecular complexity index is 443. The fourth-order valence-corrected chi connectivity index (χ4v) is 1.78. The molecule has 3 heteroatoms. The second-order valence-electron chi connectivity index (χ2n) is 3.73. The molecule has 2 amide bonds. The highest BCUT2D eigenvalue weighted by atomic mass is 16.2. The zero-order chi connectivity index (χ0) is 12.1. The van der Waals surface area contributed by atoms with Crippen molar-refractivity contribution in [2.24, 2.45) is 0 Å². The first-order valence-corrected chi connectivity index (χ1v) is 5.39. The smallest absolute Gasteiger partial charge is 0.326 e. The predicted octanol–water partition coefficient (Wildman–Crippen LogP) is 2.77. The van der Waals surface area contributed by atoms with Crippen LogP contribution in [0.2, 0.25) is 0 Å². The van der Waals surface area contributed by atoms with Crippen LogP contribution >= 0.6 is 0 Å². The Balaban J connectivity index is 2.36. The zero-order valence-electron chi connectivity index (χ0n) is 9.26. The first kappa shape index (κ1) is 11.2. The summed E-state index contributed by atoms with van der Waals surface area (Å²) < 4.78 is 0. The Labute approximate surface area is 100 Å². The van der Waals surface area contributed by atoms with Crippen LogP contribution in [0.25, 0.3) is 0 Å². The minimum Gasteiger partial charge on any atom is -0.326 e. The summed E-state index contributed by atoms with van der Waals surface area (Å²) in [5.41, 5.74) is 9.00. The minimum absolute atomic E-state index is 0.262. The van der Waals surface area contributed by atoms with Gasteiger partial charge in [-0.15, -0.1) is 0 Å². The van der Waals surface area contributed by atoms with Crippen LogP contribution in [0.3, 0.4) is 0 Å². The molecule has 2 rings (SSSR count). The van der Waals surface area contributed by atoms with Gasteiger partial charge >= 0.3 is 6.03 Å². The number of benzene rings is 2.